The van der Waals surface area contributed by atoms with Gasteiger partial charge in [0.05, 0.1) is 0 Å². The van der Waals surface area contributed by atoms with Crippen LogP contribution in [0.2, 0.25) is 5.15 Å². The van der Waals surface area contributed by atoms with E-state index >= 15 is 0 Å². The van der Waals surface area contributed by atoms with Crippen LogP contribution in [0.3, 0.4) is 0 Å². The van der Waals surface area contributed by atoms with Crippen LogP contribution in [0.5, 0.6) is 17.4 Å². The Bertz CT molecular complexity index is 1050. The number of carbonyl (C=O) groups is 1. The fraction of sp³-hybridized carbons (Fsp3) is 0.261. The van der Waals surface area contributed by atoms with Crippen LogP contribution in [0.4, 0.5) is 4.79 Å². The largest absolute Gasteiger partial charge is 0.434 e. The summed E-state index contributed by atoms with van der Waals surface area (Å²) in [5.41, 5.74) is 3.10. The van der Waals surface area contributed by atoms with E-state index in [1.165, 1.54) is 11.0 Å². The van der Waals surface area contributed by atoms with Gasteiger partial charge in [-0.15, -0.1) is 10.2 Å². The molecule has 3 aromatic rings. The number of carbonyl (C=O) groups excluding carboxylic acids is 1. The second-order valence-electron chi connectivity index (χ2n) is 7.42. The maximum Gasteiger partial charge on any atom is 0.415 e. The maximum atomic E-state index is 12.6. The molecular weight excluding hydrogens is 402 g/mol. The molecule has 1 aliphatic rings. The Morgan fingerprint density at radius 2 is 1.90 bits per heavy atom. The summed E-state index contributed by atoms with van der Waals surface area (Å²) < 4.78 is 11.7. The maximum absolute atomic E-state index is 12.6. The Kier molecular flexibility index (Phi) is 5.86. The minimum Gasteiger partial charge on any atom is -0.434 e. The fourth-order valence-electron chi connectivity index (χ4n) is 3.21. The molecule has 0 aliphatic heterocycles. The molecule has 6 nitrogen and oxygen atoms in total. The molecule has 7 heteroatoms. The number of hydrogen-bond acceptors (Lipinski definition) is 5. The normalized spacial score (nSPS) is 13.0. The van der Waals surface area contributed by atoms with Gasteiger partial charge in [0.1, 0.15) is 5.75 Å². The second kappa shape index (κ2) is 8.71. The van der Waals surface area contributed by atoms with Gasteiger partial charge in [0.15, 0.2) is 10.9 Å². The Morgan fingerprint density at radius 1 is 1.13 bits per heavy atom. The third-order valence-corrected chi connectivity index (χ3v) is 5.11. The van der Waals surface area contributed by atoms with Crippen molar-refractivity contribution in [2.75, 3.05) is 7.05 Å². The average molecular weight is 424 g/mol. The molecule has 30 heavy (non-hydrogen) atoms. The van der Waals surface area contributed by atoms with Crippen LogP contribution in [0.25, 0.3) is 0 Å². The molecule has 2 aromatic carbocycles. The van der Waals surface area contributed by atoms with Crippen molar-refractivity contribution in [3.05, 3.63) is 76.4 Å². The number of amides is 1. The average Bonchev–Trinajstić information content (AvgIpc) is 3.57. The van der Waals surface area contributed by atoms with E-state index in [0.717, 1.165) is 35.3 Å². The molecule has 4 rings (SSSR count). The summed E-state index contributed by atoms with van der Waals surface area (Å²) in [4.78, 5) is 14.1. The molecule has 0 spiro atoms. The van der Waals surface area contributed by atoms with Crippen LogP contribution in [0, 0.1) is 6.92 Å². The quantitative estimate of drug-likeness (QED) is 0.505. The summed E-state index contributed by atoms with van der Waals surface area (Å²) in [7, 11) is 1.67. The molecule has 1 aromatic heterocycles. The Hall–Kier alpha value is -3.12. The number of rotatable bonds is 6. The number of aromatic nitrogens is 2. The highest BCUT2D eigenvalue weighted by Crippen LogP contribution is 2.46. The molecule has 0 radical (unpaired) electrons. The molecule has 0 atom stereocenters. The number of benzene rings is 2. The van der Waals surface area contributed by atoms with Gasteiger partial charge in [-0.2, -0.15) is 0 Å². The number of para-hydroxylation sites is 1. The minimum atomic E-state index is -0.542. The van der Waals surface area contributed by atoms with Crippen molar-refractivity contribution in [3.63, 3.8) is 0 Å². The molecule has 1 amide bonds. The number of ether oxygens (including phenoxy) is 2. The second-order valence-corrected chi connectivity index (χ2v) is 7.80. The summed E-state index contributed by atoms with van der Waals surface area (Å²) in [6, 6.07) is 17.2. The number of aryl methyl sites for hydroxylation is 1. The zero-order valence-electron chi connectivity index (χ0n) is 16.8. The minimum absolute atomic E-state index is 0.108. The highest BCUT2D eigenvalue weighted by molar-refractivity contribution is 6.29. The number of hydrogen-bond donors (Lipinski definition) is 0. The molecule has 1 fully saturated rings. The van der Waals surface area contributed by atoms with Gasteiger partial charge in [0, 0.05) is 19.7 Å². The zero-order valence-corrected chi connectivity index (χ0v) is 17.6. The fourth-order valence-corrected chi connectivity index (χ4v) is 3.34. The predicted molar refractivity (Wildman–Crippen MR) is 114 cm³/mol. The van der Waals surface area contributed by atoms with Crippen LogP contribution in [-0.2, 0) is 6.54 Å². The van der Waals surface area contributed by atoms with Crippen LogP contribution in [0.1, 0.15) is 35.4 Å². The smallest absolute Gasteiger partial charge is 0.415 e. The van der Waals surface area contributed by atoms with Gasteiger partial charge in [-0.05, 0) is 42.4 Å². The van der Waals surface area contributed by atoms with Gasteiger partial charge in [0.2, 0.25) is 0 Å². The third kappa shape index (κ3) is 4.71. The monoisotopic (exact) mass is 423 g/mol. The first-order valence-electron chi connectivity index (χ1n) is 9.78. The standard InChI is InChI=1S/C23H22ClN3O3/c1-15-7-6-10-18(17-11-12-17)21(15)30-22-19(13-20(24)25-26-22)29-23(28)27(2)14-16-8-4-3-5-9-16/h3-10,13,17H,11-12,14H2,1-2H3. The summed E-state index contributed by atoms with van der Waals surface area (Å²) in [5.74, 6) is 1.46. The van der Waals surface area contributed by atoms with Crippen LogP contribution >= 0.6 is 11.6 Å². The van der Waals surface area contributed by atoms with Gasteiger partial charge < -0.3 is 14.4 Å². The Balaban J connectivity index is 1.55. The van der Waals surface area contributed by atoms with Gasteiger partial charge >= 0.3 is 6.09 Å². The Labute approximate surface area is 180 Å². The van der Waals surface area contributed by atoms with Gasteiger partial charge in [-0.1, -0.05) is 60.1 Å². The van der Waals surface area contributed by atoms with Crippen LogP contribution in [0.15, 0.2) is 54.6 Å². The van der Waals surface area contributed by atoms with Crippen LogP contribution < -0.4 is 9.47 Å². The van der Waals surface area contributed by atoms with Crippen molar-refractivity contribution >= 4 is 17.7 Å². The molecule has 154 valence electrons. The lowest BCUT2D eigenvalue weighted by atomic mass is 10.1. The van der Waals surface area contributed by atoms with Crippen molar-refractivity contribution in [3.8, 4) is 17.4 Å². The summed E-state index contributed by atoms with van der Waals surface area (Å²) in [6.07, 6.45) is 1.73. The predicted octanol–water partition coefficient (Wildman–Crippen LogP) is 5.74. The number of nitrogens with zero attached hydrogens (tertiary/aromatic N) is 3. The van der Waals surface area contributed by atoms with E-state index in [1.807, 2.05) is 49.4 Å². The lowest BCUT2D eigenvalue weighted by molar-refractivity contribution is 0.159. The van der Waals surface area contributed by atoms with Gasteiger partial charge in [-0.25, -0.2) is 4.79 Å². The topological polar surface area (TPSA) is 64.6 Å². The van der Waals surface area contributed by atoms with Crippen molar-refractivity contribution in [1.82, 2.24) is 15.1 Å². The SMILES string of the molecule is Cc1cccc(C2CC2)c1Oc1nnc(Cl)cc1OC(=O)N(C)Cc1ccccc1. The first-order valence-corrected chi connectivity index (χ1v) is 10.2. The van der Waals surface area contributed by atoms with Crippen molar-refractivity contribution in [2.45, 2.75) is 32.2 Å². The third-order valence-electron chi connectivity index (χ3n) is 4.93. The first-order chi connectivity index (χ1) is 14.5. The molecule has 0 bridgehead atoms. The van der Waals surface area contributed by atoms with E-state index in [4.69, 9.17) is 21.1 Å². The van der Waals surface area contributed by atoms with Crippen LogP contribution in [-0.4, -0.2) is 28.2 Å². The molecule has 0 saturated heterocycles. The molecule has 1 saturated carbocycles. The van der Waals surface area contributed by atoms with Crippen molar-refractivity contribution in [1.29, 1.82) is 0 Å². The van der Waals surface area contributed by atoms with Gasteiger partial charge in [0.25, 0.3) is 5.88 Å². The summed E-state index contributed by atoms with van der Waals surface area (Å²) >= 11 is 6.00. The van der Waals surface area contributed by atoms with E-state index in [2.05, 4.69) is 16.3 Å². The van der Waals surface area contributed by atoms with E-state index in [9.17, 15) is 4.79 Å². The van der Waals surface area contributed by atoms with E-state index in [1.54, 1.807) is 7.05 Å². The van der Waals surface area contributed by atoms with Crippen molar-refractivity contribution in [2.24, 2.45) is 0 Å². The molecule has 0 N–H and O–H groups in total. The molecule has 0 unspecified atom stereocenters. The first kappa shape index (κ1) is 20.2. The van der Waals surface area contributed by atoms with E-state index in [-0.39, 0.29) is 16.8 Å². The highest BCUT2D eigenvalue weighted by Gasteiger charge is 2.28. The lowest BCUT2D eigenvalue weighted by Gasteiger charge is -2.18. The summed E-state index contributed by atoms with van der Waals surface area (Å²) in [6.45, 7) is 2.38. The summed E-state index contributed by atoms with van der Waals surface area (Å²) in [5, 5.41) is 8.01. The molecule has 1 aliphatic carbocycles. The molecular formula is C23H22ClN3O3. The lowest BCUT2D eigenvalue weighted by Crippen LogP contribution is -2.29. The van der Waals surface area contributed by atoms with E-state index < -0.39 is 6.09 Å². The van der Waals surface area contributed by atoms with Gasteiger partial charge in [-0.3, -0.25) is 0 Å². The van der Waals surface area contributed by atoms with Crippen molar-refractivity contribution < 1.29 is 14.3 Å². The zero-order chi connectivity index (χ0) is 21.1. The molecule has 1 heterocycles. The van der Waals surface area contributed by atoms with E-state index in [0.29, 0.717) is 12.5 Å². The Morgan fingerprint density at radius 3 is 2.63 bits per heavy atom. The number of halogens is 1. The highest BCUT2D eigenvalue weighted by atomic mass is 35.5.